The highest BCUT2D eigenvalue weighted by Crippen LogP contribution is 2.30. The molecule has 1 fully saturated rings. The van der Waals surface area contributed by atoms with E-state index in [1.807, 2.05) is 0 Å². The van der Waals surface area contributed by atoms with Gasteiger partial charge < -0.3 is 9.64 Å². The van der Waals surface area contributed by atoms with Gasteiger partial charge >= 0.3 is 0 Å². The Bertz CT molecular complexity index is 965. The first-order valence-corrected chi connectivity index (χ1v) is 11.7. The van der Waals surface area contributed by atoms with E-state index in [0.29, 0.717) is 0 Å². The van der Waals surface area contributed by atoms with Crippen molar-refractivity contribution >= 4 is 5.69 Å². The van der Waals surface area contributed by atoms with E-state index >= 15 is 0 Å². The van der Waals surface area contributed by atoms with Crippen LogP contribution in [-0.4, -0.2) is 37.6 Å². The van der Waals surface area contributed by atoms with Gasteiger partial charge in [-0.15, -0.1) is 0 Å². The average Bonchev–Trinajstić information content (AvgIpc) is 3.31. The van der Waals surface area contributed by atoms with E-state index in [1.165, 1.54) is 41.6 Å². The zero-order valence-electron chi connectivity index (χ0n) is 18.2. The summed E-state index contributed by atoms with van der Waals surface area (Å²) in [6.07, 6.45) is 4.77. The number of aryl methyl sites for hydroxylation is 2. The minimum Gasteiger partial charge on any atom is -0.486 e. The molecule has 1 aliphatic heterocycles. The van der Waals surface area contributed by atoms with Gasteiger partial charge in [0.2, 0.25) is 0 Å². The molecule has 1 unspecified atom stereocenters. The average molecular weight is 413 g/mol. The SMILES string of the molecule is c1ccc(C(CCN2CCN(c3ccccc3)CC2)Oc2ccc3c(c2)CCC3)cc1. The number of benzene rings is 3. The molecule has 3 heteroatoms. The van der Waals surface area contributed by atoms with Gasteiger partial charge in [0.1, 0.15) is 11.9 Å². The molecular formula is C28H32N2O. The third kappa shape index (κ3) is 4.94. The summed E-state index contributed by atoms with van der Waals surface area (Å²) < 4.78 is 6.57. The van der Waals surface area contributed by atoms with E-state index in [2.05, 4.69) is 88.7 Å². The first-order chi connectivity index (χ1) is 15.3. The van der Waals surface area contributed by atoms with E-state index in [-0.39, 0.29) is 6.10 Å². The minimum absolute atomic E-state index is 0.0906. The molecule has 31 heavy (non-hydrogen) atoms. The van der Waals surface area contributed by atoms with E-state index in [4.69, 9.17) is 4.74 Å². The molecule has 3 aromatic rings. The summed E-state index contributed by atoms with van der Waals surface area (Å²) >= 11 is 0. The van der Waals surface area contributed by atoms with Gasteiger partial charge in [-0.05, 0) is 60.2 Å². The molecule has 160 valence electrons. The van der Waals surface area contributed by atoms with Crippen LogP contribution in [0.25, 0.3) is 0 Å². The van der Waals surface area contributed by atoms with Crippen LogP contribution in [0, 0.1) is 0 Å². The summed E-state index contributed by atoms with van der Waals surface area (Å²) in [5.41, 5.74) is 5.58. The Balaban J connectivity index is 1.21. The number of piperazine rings is 1. The zero-order chi connectivity index (χ0) is 20.9. The number of nitrogens with zero attached hydrogens (tertiary/aromatic N) is 2. The van der Waals surface area contributed by atoms with Gasteiger partial charge in [-0.25, -0.2) is 0 Å². The highest BCUT2D eigenvalue weighted by Gasteiger charge is 2.21. The van der Waals surface area contributed by atoms with Crippen LogP contribution in [0.4, 0.5) is 5.69 Å². The third-order valence-corrected chi connectivity index (χ3v) is 6.72. The number of hydrogen-bond donors (Lipinski definition) is 0. The van der Waals surface area contributed by atoms with Crippen LogP contribution in [0.3, 0.4) is 0 Å². The van der Waals surface area contributed by atoms with Crippen molar-refractivity contribution in [2.24, 2.45) is 0 Å². The molecule has 3 aromatic carbocycles. The molecule has 0 N–H and O–H groups in total. The maximum atomic E-state index is 6.57. The summed E-state index contributed by atoms with van der Waals surface area (Å²) in [5.74, 6) is 1.02. The predicted octanol–water partition coefficient (Wildman–Crippen LogP) is 5.51. The molecule has 0 amide bonds. The number of ether oxygens (including phenoxy) is 1. The molecule has 1 atom stereocenters. The van der Waals surface area contributed by atoms with Gasteiger partial charge in [-0.1, -0.05) is 54.6 Å². The molecular weight excluding hydrogens is 380 g/mol. The van der Waals surface area contributed by atoms with E-state index in [9.17, 15) is 0 Å². The number of rotatable bonds is 7. The Kier molecular flexibility index (Phi) is 6.22. The van der Waals surface area contributed by atoms with Crippen LogP contribution in [0.5, 0.6) is 5.75 Å². The van der Waals surface area contributed by atoms with Crippen molar-refractivity contribution in [1.82, 2.24) is 4.90 Å². The van der Waals surface area contributed by atoms with Gasteiger partial charge in [-0.2, -0.15) is 0 Å². The van der Waals surface area contributed by atoms with Gasteiger partial charge in [0.05, 0.1) is 0 Å². The Morgan fingerprint density at radius 3 is 2.23 bits per heavy atom. The topological polar surface area (TPSA) is 15.7 Å². The van der Waals surface area contributed by atoms with Crippen molar-refractivity contribution in [1.29, 1.82) is 0 Å². The lowest BCUT2D eigenvalue weighted by Gasteiger charge is -2.36. The second kappa shape index (κ2) is 9.57. The number of para-hydroxylation sites is 1. The highest BCUT2D eigenvalue weighted by molar-refractivity contribution is 5.46. The molecule has 0 radical (unpaired) electrons. The number of hydrogen-bond acceptors (Lipinski definition) is 3. The summed E-state index contributed by atoms with van der Waals surface area (Å²) in [5, 5.41) is 0. The zero-order valence-corrected chi connectivity index (χ0v) is 18.2. The van der Waals surface area contributed by atoms with Crippen LogP contribution in [0.2, 0.25) is 0 Å². The number of fused-ring (bicyclic) bond motifs is 1. The smallest absolute Gasteiger partial charge is 0.125 e. The molecule has 1 aliphatic carbocycles. The van der Waals surface area contributed by atoms with Crippen molar-refractivity contribution in [3.63, 3.8) is 0 Å². The lowest BCUT2D eigenvalue weighted by molar-refractivity contribution is 0.160. The van der Waals surface area contributed by atoms with Gasteiger partial charge in [0.25, 0.3) is 0 Å². The van der Waals surface area contributed by atoms with Crippen molar-refractivity contribution in [2.75, 3.05) is 37.6 Å². The first-order valence-electron chi connectivity index (χ1n) is 11.7. The van der Waals surface area contributed by atoms with E-state index in [1.54, 1.807) is 0 Å². The maximum absolute atomic E-state index is 6.57. The third-order valence-electron chi connectivity index (χ3n) is 6.72. The fraction of sp³-hybridized carbons (Fsp3) is 0.357. The summed E-state index contributed by atoms with van der Waals surface area (Å²) in [6, 6.07) is 28.2. The summed E-state index contributed by atoms with van der Waals surface area (Å²) in [4.78, 5) is 5.08. The highest BCUT2D eigenvalue weighted by atomic mass is 16.5. The second-order valence-corrected chi connectivity index (χ2v) is 8.75. The van der Waals surface area contributed by atoms with E-state index in [0.717, 1.165) is 44.9 Å². The largest absolute Gasteiger partial charge is 0.486 e. The monoisotopic (exact) mass is 412 g/mol. The standard InChI is InChI=1S/C28H32N2O/c1-3-8-24(9-4-1)28(31-27-15-14-23-10-7-11-25(23)22-27)16-17-29-18-20-30(21-19-29)26-12-5-2-6-13-26/h1-6,8-9,12-15,22,28H,7,10-11,16-21H2. The maximum Gasteiger partial charge on any atom is 0.125 e. The van der Waals surface area contributed by atoms with Gasteiger partial charge in [0, 0.05) is 44.8 Å². The Morgan fingerprint density at radius 1 is 0.742 bits per heavy atom. The van der Waals surface area contributed by atoms with Crippen molar-refractivity contribution in [3.8, 4) is 5.75 Å². The van der Waals surface area contributed by atoms with E-state index < -0.39 is 0 Å². The van der Waals surface area contributed by atoms with Crippen molar-refractivity contribution in [2.45, 2.75) is 31.8 Å². The first kappa shape index (κ1) is 20.1. The Morgan fingerprint density at radius 2 is 1.45 bits per heavy atom. The van der Waals surface area contributed by atoms with Crippen LogP contribution < -0.4 is 9.64 Å². The van der Waals surface area contributed by atoms with Crippen molar-refractivity contribution in [3.05, 3.63) is 95.6 Å². The summed E-state index contributed by atoms with van der Waals surface area (Å²) in [6.45, 7) is 5.45. The van der Waals surface area contributed by atoms with Crippen molar-refractivity contribution < 1.29 is 4.74 Å². The Labute approximate surface area is 186 Å². The second-order valence-electron chi connectivity index (χ2n) is 8.75. The van der Waals surface area contributed by atoms with Crippen LogP contribution in [0.1, 0.15) is 35.6 Å². The van der Waals surface area contributed by atoms with Crippen LogP contribution in [0.15, 0.2) is 78.9 Å². The number of anilines is 1. The molecule has 5 rings (SSSR count). The molecule has 1 heterocycles. The molecule has 1 saturated heterocycles. The normalized spacial score (nSPS) is 17.4. The molecule has 0 bridgehead atoms. The summed E-state index contributed by atoms with van der Waals surface area (Å²) in [7, 11) is 0. The molecule has 3 nitrogen and oxygen atoms in total. The van der Waals surface area contributed by atoms with Crippen LogP contribution >= 0.6 is 0 Å². The van der Waals surface area contributed by atoms with Crippen LogP contribution in [-0.2, 0) is 12.8 Å². The fourth-order valence-electron chi connectivity index (χ4n) is 4.92. The minimum atomic E-state index is 0.0906. The molecule has 0 aromatic heterocycles. The molecule has 0 spiro atoms. The lowest BCUT2D eigenvalue weighted by atomic mass is 10.1. The van der Waals surface area contributed by atoms with Gasteiger partial charge in [0.15, 0.2) is 0 Å². The predicted molar refractivity (Wildman–Crippen MR) is 128 cm³/mol. The Hall–Kier alpha value is -2.78. The fourth-order valence-corrected chi connectivity index (χ4v) is 4.92. The molecule has 2 aliphatic rings. The van der Waals surface area contributed by atoms with Gasteiger partial charge in [-0.3, -0.25) is 4.90 Å². The lowest BCUT2D eigenvalue weighted by Crippen LogP contribution is -2.46. The quantitative estimate of drug-likeness (QED) is 0.509. The molecule has 0 saturated carbocycles.